The van der Waals surface area contributed by atoms with Gasteiger partial charge in [-0.25, -0.2) is 0 Å². The van der Waals surface area contributed by atoms with Crippen LogP contribution in [0.1, 0.15) is 32.1 Å². The lowest BCUT2D eigenvalue weighted by Crippen LogP contribution is -2.37. The van der Waals surface area contributed by atoms with E-state index in [1.807, 2.05) is 0 Å². The Bertz CT molecular complexity index is 368. The van der Waals surface area contributed by atoms with Crippen molar-refractivity contribution < 1.29 is 4.79 Å². The minimum absolute atomic E-state index is 0. The fourth-order valence-electron chi connectivity index (χ4n) is 2.30. The maximum Gasteiger partial charge on any atom is 0.242 e. The van der Waals surface area contributed by atoms with Crippen molar-refractivity contribution in [2.45, 2.75) is 38.1 Å². The third-order valence-corrected chi connectivity index (χ3v) is 3.22. The zero-order chi connectivity index (χ0) is 12.1. The summed E-state index contributed by atoms with van der Waals surface area (Å²) in [5.41, 5.74) is 5.88. The number of nitrogens with two attached hydrogens (primary N) is 1. The van der Waals surface area contributed by atoms with Gasteiger partial charge in [0, 0.05) is 6.20 Å². The number of carbonyl (C=O) groups is 1. The van der Waals surface area contributed by atoms with Gasteiger partial charge in [-0.3, -0.25) is 4.79 Å². The first-order valence-corrected chi connectivity index (χ1v) is 6.10. The molecule has 0 bridgehead atoms. The van der Waals surface area contributed by atoms with Gasteiger partial charge in [0.25, 0.3) is 0 Å². The first kappa shape index (κ1) is 14.9. The van der Waals surface area contributed by atoms with Crippen LogP contribution in [0.5, 0.6) is 0 Å². The van der Waals surface area contributed by atoms with Crippen LogP contribution in [0, 0.1) is 5.92 Å². The topological polar surface area (TPSA) is 80.9 Å². The Labute approximate surface area is 113 Å². The maximum absolute atomic E-state index is 11.8. The van der Waals surface area contributed by atoms with Crippen LogP contribution in [0.4, 0.5) is 5.82 Å². The van der Waals surface area contributed by atoms with Crippen molar-refractivity contribution in [3.63, 3.8) is 0 Å². The van der Waals surface area contributed by atoms with E-state index in [1.54, 1.807) is 18.3 Å². The van der Waals surface area contributed by atoms with Crippen LogP contribution in [0.15, 0.2) is 18.3 Å². The Hall–Kier alpha value is -1.20. The van der Waals surface area contributed by atoms with E-state index in [-0.39, 0.29) is 18.3 Å². The molecule has 6 heteroatoms. The molecule has 0 radical (unpaired) electrons. The normalized spacial score (nSPS) is 16.9. The van der Waals surface area contributed by atoms with E-state index in [0.717, 1.165) is 6.42 Å². The van der Waals surface area contributed by atoms with Gasteiger partial charge in [-0.2, -0.15) is 5.10 Å². The Kier molecular flexibility index (Phi) is 6.01. The number of nitrogens with one attached hydrogen (secondary N) is 1. The van der Waals surface area contributed by atoms with Gasteiger partial charge in [0.05, 0.1) is 6.04 Å². The monoisotopic (exact) mass is 270 g/mol. The van der Waals surface area contributed by atoms with Gasteiger partial charge in [-0.15, -0.1) is 17.5 Å². The second kappa shape index (κ2) is 7.28. The van der Waals surface area contributed by atoms with Crippen LogP contribution < -0.4 is 11.1 Å². The van der Waals surface area contributed by atoms with Crippen molar-refractivity contribution in [2.24, 2.45) is 11.7 Å². The molecule has 1 atom stereocenters. The minimum Gasteiger partial charge on any atom is -0.320 e. The Balaban J connectivity index is 0.00000162. The van der Waals surface area contributed by atoms with Crippen LogP contribution in [0.25, 0.3) is 0 Å². The summed E-state index contributed by atoms with van der Waals surface area (Å²) < 4.78 is 0. The minimum atomic E-state index is -0.444. The van der Waals surface area contributed by atoms with Gasteiger partial charge in [0.2, 0.25) is 5.91 Å². The summed E-state index contributed by atoms with van der Waals surface area (Å²) in [7, 11) is 0. The molecule has 1 aliphatic carbocycles. The summed E-state index contributed by atoms with van der Waals surface area (Å²) >= 11 is 0. The average molecular weight is 271 g/mol. The number of hydrogen-bond donors (Lipinski definition) is 2. The number of amides is 1. The quantitative estimate of drug-likeness (QED) is 0.873. The fourth-order valence-corrected chi connectivity index (χ4v) is 2.30. The van der Waals surface area contributed by atoms with Crippen molar-refractivity contribution >= 4 is 24.1 Å². The number of halogens is 1. The Morgan fingerprint density at radius 3 is 2.83 bits per heavy atom. The van der Waals surface area contributed by atoms with E-state index in [1.165, 1.54) is 25.7 Å². The van der Waals surface area contributed by atoms with Crippen LogP contribution in [0.3, 0.4) is 0 Å². The van der Waals surface area contributed by atoms with E-state index in [4.69, 9.17) is 5.73 Å². The highest BCUT2D eigenvalue weighted by atomic mass is 35.5. The first-order chi connectivity index (χ1) is 8.25. The lowest BCUT2D eigenvalue weighted by atomic mass is 9.98. The summed E-state index contributed by atoms with van der Waals surface area (Å²) in [6.45, 7) is 0. The van der Waals surface area contributed by atoms with Crippen molar-refractivity contribution in [2.75, 3.05) is 5.32 Å². The average Bonchev–Trinajstić information content (AvgIpc) is 2.83. The summed E-state index contributed by atoms with van der Waals surface area (Å²) in [5.74, 6) is 0.898. The molecule has 1 saturated carbocycles. The first-order valence-electron chi connectivity index (χ1n) is 6.10. The molecule has 1 aromatic heterocycles. The number of aromatic nitrogens is 2. The predicted molar refractivity (Wildman–Crippen MR) is 72.5 cm³/mol. The standard InChI is InChI=1S/C12H18N4O.ClH/c13-10(8-9-4-1-2-5-9)12(17)15-11-6-3-7-14-16-11;/h3,6-7,9-10H,1-2,4-5,8,13H2,(H,15,16,17);1H/t10-;/m0./s1. The molecule has 0 spiro atoms. The number of hydrogen-bond acceptors (Lipinski definition) is 4. The van der Waals surface area contributed by atoms with Gasteiger partial charge >= 0.3 is 0 Å². The van der Waals surface area contributed by atoms with E-state index in [0.29, 0.717) is 11.7 Å². The highest BCUT2D eigenvalue weighted by Crippen LogP contribution is 2.28. The Morgan fingerprint density at radius 2 is 2.22 bits per heavy atom. The van der Waals surface area contributed by atoms with E-state index in [2.05, 4.69) is 15.5 Å². The van der Waals surface area contributed by atoms with Crippen molar-refractivity contribution in [3.05, 3.63) is 18.3 Å². The summed E-state index contributed by atoms with van der Waals surface area (Å²) in [4.78, 5) is 11.8. The maximum atomic E-state index is 11.8. The number of nitrogens with zero attached hydrogens (tertiary/aromatic N) is 2. The molecular weight excluding hydrogens is 252 g/mol. The van der Waals surface area contributed by atoms with E-state index in [9.17, 15) is 4.79 Å². The third-order valence-electron chi connectivity index (χ3n) is 3.22. The molecule has 1 amide bonds. The Morgan fingerprint density at radius 1 is 1.50 bits per heavy atom. The summed E-state index contributed by atoms with van der Waals surface area (Å²) in [6, 6.07) is 2.98. The number of anilines is 1. The molecule has 1 fully saturated rings. The molecule has 1 aliphatic rings. The van der Waals surface area contributed by atoms with Crippen LogP contribution in [-0.2, 0) is 4.79 Å². The van der Waals surface area contributed by atoms with Crippen molar-refractivity contribution in [1.29, 1.82) is 0 Å². The van der Waals surface area contributed by atoms with E-state index >= 15 is 0 Å². The third kappa shape index (κ3) is 4.23. The molecule has 5 nitrogen and oxygen atoms in total. The largest absolute Gasteiger partial charge is 0.320 e. The van der Waals surface area contributed by atoms with Gasteiger partial charge in [0.1, 0.15) is 0 Å². The van der Waals surface area contributed by atoms with Gasteiger partial charge in [-0.05, 0) is 24.5 Å². The van der Waals surface area contributed by atoms with Gasteiger partial charge in [0.15, 0.2) is 5.82 Å². The fraction of sp³-hybridized carbons (Fsp3) is 0.583. The van der Waals surface area contributed by atoms with E-state index < -0.39 is 6.04 Å². The lowest BCUT2D eigenvalue weighted by Gasteiger charge is -2.15. The zero-order valence-electron chi connectivity index (χ0n) is 10.2. The second-order valence-electron chi connectivity index (χ2n) is 4.59. The second-order valence-corrected chi connectivity index (χ2v) is 4.59. The highest BCUT2D eigenvalue weighted by molar-refractivity contribution is 5.93. The predicted octanol–water partition coefficient (Wildman–Crippen LogP) is 1.74. The SMILES string of the molecule is Cl.N[C@@H](CC1CCCC1)C(=O)Nc1cccnn1. The molecule has 0 saturated heterocycles. The molecule has 0 aliphatic heterocycles. The molecule has 1 aromatic rings. The summed E-state index contributed by atoms with van der Waals surface area (Å²) in [5, 5.41) is 10.2. The molecule has 100 valence electrons. The highest BCUT2D eigenvalue weighted by Gasteiger charge is 2.22. The molecular formula is C12H19ClN4O. The molecule has 0 unspecified atom stereocenters. The van der Waals surface area contributed by atoms with Crippen molar-refractivity contribution in [3.8, 4) is 0 Å². The number of carbonyl (C=O) groups excluding carboxylic acids is 1. The lowest BCUT2D eigenvalue weighted by molar-refractivity contribution is -0.117. The zero-order valence-corrected chi connectivity index (χ0v) is 11.0. The van der Waals surface area contributed by atoms with Crippen molar-refractivity contribution in [1.82, 2.24) is 10.2 Å². The number of rotatable bonds is 4. The molecule has 0 aromatic carbocycles. The van der Waals surface area contributed by atoms with Gasteiger partial charge < -0.3 is 11.1 Å². The van der Waals surface area contributed by atoms with Crippen LogP contribution in [-0.4, -0.2) is 22.1 Å². The molecule has 2 rings (SSSR count). The molecule has 3 N–H and O–H groups in total. The molecule has 18 heavy (non-hydrogen) atoms. The summed E-state index contributed by atoms with van der Waals surface area (Å²) in [6.07, 6.45) is 7.27. The van der Waals surface area contributed by atoms with Crippen LogP contribution in [0.2, 0.25) is 0 Å². The smallest absolute Gasteiger partial charge is 0.242 e. The van der Waals surface area contributed by atoms with Gasteiger partial charge in [-0.1, -0.05) is 25.7 Å². The molecule has 1 heterocycles. The van der Waals surface area contributed by atoms with Crippen LogP contribution >= 0.6 is 12.4 Å².